The molecule has 0 bridgehead atoms. The van der Waals surface area contributed by atoms with Gasteiger partial charge in [-0.25, -0.2) is 13.2 Å². The Morgan fingerprint density at radius 2 is 1.75 bits per heavy atom. The Bertz CT molecular complexity index is 1840. The molecule has 1 aliphatic heterocycles. The molecule has 0 spiro atoms. The highest BCUT2D eigenvalue weighted by Gasteiger charge is 2.62. The van der Waals surface area contributed by atoms with Crippen LogP contribution in [-0.2, 0) is 34.0 Å². The summed E-state index contributed by atoms with van der Waals surface area (Å²) in [6, 6.07) is 11.5. The zero-order valence-corrected chi connectivity index (χ0v) is 30.8. The smallest absolute Gasteiger partial charge is 0.408 e. The highest BCUT2D eigenvalue weighted by atomic mass is 32.2. The Morgan fingerprint density at radius 1 is 1.04 bits per heavy atom. The molecule has 4 aliphatic rings. The molecule has 2 aromatic carbocycles. The van der Waals surface area contributed by atoms with Gasteiger partial charge < -0.3 is 25.1 Å². The molecule has 2 aromatic rings. The molecule has 0 radical (unpaired) electrons. The summed E-state index contributed by atoms with van der Waals surface area (Å²) < 4.78 is 33.2. The first-order valence-electron chi connectivity index (χ1n) is 18.2. The monoisotopic (exact) mass is 735 g/mol. The third kappa shape index (κ3) is 8.27. The lowest BCUT2D eigenvalue weighted by Crippen LogP contribution is -2.60. The number of likely N-dealkylation sites (tertiary alicyclic amines) is 1. The molecule has 3 aliphatic carbocycles. The summed E-state index contributed by atoms with van der Waals surface area (Å²) in [4.78, 5) is 62.5. The summed E-state index contributed by atoms with van der Waals surface area (Å²) in [7, 11) is -3.88. The second kappa shape index (κ2) is 14.9. The SMILES string of the molecule is C=CC[C@@H]1C[C@]1(NC(=O)[C@@H]1C[C@@H](O/N=C/c2cccc3ccccc23)CN1C(=O)[C@@H](NC(=O)OC1CCCC1)C(C)(C)C)C(=O)NS(=O)(=O)C1CC1. The Kier molecular flexibility index (Phi) is 10.7. The standard InChI is InChI=1S/C38H49N5O8S/c1-5-11-26-21-38(26,35(46)42-52(48,49)29-18-19-29)41-33(44)31-20-28(51-39-22-25-14-10-13-24-12-6-9-17-30(24)25)23-43(31)34(45)32(37(2,3)4)40-36(47)50-27-15-7-8-16-27/h5-6,9-10,12-14,17,22,26-29,31-32H,1,7-8,11,15-16,18-21,23H2,2-4H3,(H,40,47)(H,41,44)(H,42,46)/b39-22+/t26-,28-,31+,32-,38-/m1/s1. The molecule has 52 heavy (non-hydrogen) atoms. The number of carbonyl (C=O) groups excluding carboxylic acids is 4. The molecule has 1 saturated heterocycles. The Hall–Kier alpha value is -4.46. The van der Waals surface area contributed by atoms with E-state index in [0.29, 0.717) is 19.3 Å². The minimum absolute atomic E-state index is 0.0267. The van der Waals surface area contributed by atoms with Crippen molar-refractivity contribution in [1.29, 1.82) is 0 Å². The van der Waals surface area contributed by atoms with E-state index in [4.69, 9.17) is 9.57 Å². The van der Waals surface area contributed by atoms with Gasteiger partial charge in [0.2, 0.25) is 21.8 Å². The Labute approximate surface area is 305 Å². The highest BCUT2D eigenvalue weighted by Crippen LogP contribution is 2.47. The van der Waals surface area contributed by atoms with Crippen LogP contribution in [0.2, 0.25) is 0 Å². The van der Waals surface area contributed by atoms with Gasteiger partial charge in [-0.3, -0.25) is 19.1 Å². The van der Waals surface area contributed by atoms with Gasteiger partial charge in [0.05, 0.1) is 18.0 Å². The fraction of sp³-hybridized carbons (Fsp3) is 0.553. The number of amides is 4. The van der Waals surface area contributed by atoms with Crippen molar-refractivity contribution in [3.8, 4) is 0 Å². The van der Waals surface area contributed by atoms with Crippen molar-refractivity contribution in [2.24, 2.45) is 16.5 Å². The van der Waals surface area contributed by atoms with E-state index in [1.165, 1.54) is 4.90 Å². The van der Waals surface area contributed by atoms with E-state index in [9.17, 15) is 27.6 Å². The van der Waals surface area contributed by atoms with Gasteiger partial charge in [0, 0.05) is 12.0 Å². The van der Waals surface area contributed by atoms with Crippen LogP contribution in [0.15, 0.2) is 60.3 Å². The minimum atomic E-state index is -3.88. The summed E-state index contributed by atoms with van der Waals surface area (Å²) >= 11 is 0. The Morgan fingerprint density at radius 3 is 2.44 bits per heavy atom. The van der Waals surface area contributed by atoms with Crippen molar-refractivity contribution in [1.82, 2.24) is 20.3 Å². The number of fused-ring (bicyclic) bond motifs is 1. The number of nitrogens with one attached hydrogen (secondary N) is 3. The maximum absolute atomic E-state index is 14.4. The van der Waals surface area contributed by atoms with Crippen molar-refractivity contribution in [2.75, 3.05) is 6.54 Å². The number of sulfonamides is 1. The van der Waals surface area contributed by atoms with Gasteiger partial charge in [0.15, 0.2) is 0 Å². The first-order chi connectivity index (χ1) is 24.7. The van der Waals surface area contributed by atoms with Crippen LogP contribution in [0, 0.1) is 11.3 Å². The molecular formula is C38H49N5O8S. The number of ether oxygens (including phenoxy) is 1. The number of hydrogen-bond acceptors (Lipinski definition) is 9. The van der Waals surface area contributed by atoms with Gasteiger partial charge in [0.1, 0.15) is 29.8 Å². The molecule has 0 aromatic heterocycles. The first-order valence-corrected chi connectivity index (χ1v) is 19.7. The maximum atomic E-state index is 14.4. The average Bonchev–Trinajstić information content (AvgIpc) is 3.96. The molecule has 5 atom stereocenters. The topological polar surface area (TPSA) is 173 Å². The molecule has 14 heteroatoms. The van der Waals surface area contributed by atoms with E-state index in [1.54, 1.807) is 12.3 Å². The summed E-state index contributed by atoms with van der Waals surface area (Å²) in [5, 5.41) is 11.2. The fourth-order valence-electron chi connectivity index (χ4n) is 7.31. The van der Waals surface area contributed by atoms with E-state index in [2.05, 4.69) is 27.1 Å². The van der Waals surface area contributed by atoms with Gasteiger partial charge in [-0.05, 0) is 73.5 Å². The van der Waals surface area contributed by atoms with Crippen LogP contribution in [0.25, 0.3) is 10.8 Å². The molecule has 13 nitrogen and oxygen atoms in total. The van der Waals surface area contributed by atoms with Crippen LogP contribution in [-0.4, -0.2) is 85.0 Å². The molecule has 3 saturated carbocycles. The number of oxime groups is 1. The maximum Gasteiger partial charge on any atom is 0.408 e. The number of carbonyl (C=O) groups is 4. The first kappa shape index (κ1) is 37.3. The lowest BCUT2D eigenvalue weighted by Gasteiger charge is -2.35. The number of nitrogens with zero attached hydrogens (tertiary/aromatic N) is 2. The fourth-order valence-corrected chi connectivity index (χ4v) is 8.68. The lowest BCUT2D eigenvalue weighted by molar-refractivity contribution is -0.143. The summed E-state index contributed by atoms with van der Waals surface area (Å²) in [6.45, 7) is 9.15. The van der Waals surface area contributed by atoms with Crippen LogP contribution in [0.5, 0.6) is 0 Å². The van der Waals surface area contributed by atoms with Gasteiger partial charge in [-0.1, -0.05) is 74.5 Å². The van der Waals surface area contributed by atoms with E-state index in [0.717, 1.165) is 42.0 Å². The summed E-state index contributed by atoms with van der Waals surface area (Å²) in [5.74, 6) is -2.33. The quantitative estimate of drug-likeness (QED) is 0.155. The van der Waals surface area contributed by atoms with Crippen molar-refractivity contribution in [3.63, 3.8) is 0 Å². The second-order valence-corrected chi connectivity index (χ2v) is 17.5. The van der Waals surface area contributed by atoms with E-state index in [-0.39, 0.29) is 31.4 Å². The third-order valence-electron chi connectivity index (χ3n) is 10.5. The van der Waals surface area contributed by atoms with Crippen LogP contribution in [0.4, 0.5) is 4.79 Å². The van der Waals surface area contributed by atoms with E-state index in [1.807, 2.05) is 63.2 Å². The molecule has 3 N–H and O–H groups in total. The predicted molar refractivity (Wildman–Crippen MR) is 196 cm³/mol. The van der Waals surface area contributed by atoms with Gasteiger partial charge in [0.25, 0.3) is 5.91 Å². The predicted octanol–water partition coefficient (Wildman–Crippen LogP) is 4.30. The molecule has 1 heterocycles. The van der Waals surface area contributed by atoms with Gasteiger partial charge >= 0.3 is 6.09 Å². The van der Waals surface area contributed by atoms with Crippen molar-refractivity contribution >= 4 is 50.8 Å². The highest BCUT2D eigenvalue weighted by molar-refractivity contribution is 7.91. The number of rotatable bonds is 13. The van der Waals surface area contributed by atoms with E-state index >= 15 is 0 Å². The van der Waals surface area contributed by atoms with Crippen LogP contribution in [0.3, 0.4) is 0 Å². The minimum Gasteiger partial charge on any atom is -0.446 e. The zero-order chi connectivity index (χ0) is 37.3. The molecule has 0 unspecified atom stereocenters. The summed E-state index contributed by atoms with van der Waals surface area (Å²) in [6.07, 6.45) is 6.61. The van der Waals surface area contributed by atoms with Crippen molar-refractivity contribution in [3.05, 3.63) is 60.7 Å². The number of benzene rings is 2. The van der Waals surface area contributed by atoms with Crippen LogP contribution in [0.1, 0.15) is 84.1 Å². The lowest BCUT2D eigenvalue weighted by atomic mass is 9.85. The Balaban J connectivity index is 1.23. The average molecular weight is 736 g/mol. The normalized spacial score (nSPS) is 25.4. The van der Waals surface area contributed by atoms with Crippen LogP contribution < -0.4 is 15.4 Å². The number of allylic oxidation sites excluding steroid dienone is 1. The van der Waals surface area contributed by atoms with Crippen LogP contribution >= 0.6 is 0 Å². The molecule has 6 rings (SSSR count). The molecular weight excluding hydrogens is 687 g/mol. The second-order valence-electron chi connectivity index (χ2n) is 15.6. The zero-order valence-electron chi connectivity index (χ0n) is 30.0. The van der Waals surface area contributed by atoms with E-state index < -0.39 is 68.2 Å². The third-order valence-corrected chi connectivity index (χ3v) is 12.3. The van der Waals surface area contributed by atoms with Gasteiger partial charge in [-0.15, -0.1) is 6.58 Å². The number of alkyl carbamates (subject to hydrolysis) is 1. The summed E-state index contributed by atoms with van der Waals surface area (Å²) in [5.41, 5.74) is -1.44. The van der Waals surface area contributed by atoms with Crippen molar-refractivity contribution < 1.29 is 37.2 Å². The van der Waals surface area contributed by atoms with Crippen molar-refractivity contribution in [2.45, 2.75) is 114 Å². The number of hydrogen-bond donors (Lipinski definition) is 3. The largest absolute Gasteiger partial charge is 0.446 e. The molecule has 280 valence electrons. The van der Waals surface area contributed by atoms with Gasteiger partial charge in [-0.2, -0.15) is 0 Å². The molecule has 4 amide bonds. The molecule has 4 fully saturated rings.